The maximum Gasteiger partial charge on any atom is 0.410 e. The number of likely N-dealkylation sites (tertiary alicyclic amines) is 1. The lowest BCUT2D eigenvalue weighted by molar-refractivity contribution is -0.385. The molecule has 282 valence electrons. The summed E-state index contributed by atoms with van der Waals surface area (Å²) in [5.74, 6) is -2.08. The van der Waals surface area contributed by atoms with Crippen molar-refractivity contribution in [2.75, 3.05) is 39.8 Å². The molecule has 3 amide bonds. The lowest BCUT2D eigenvalue weighted by Crippen LogP contribution is -2.63. The SMILES string of the molecule is C[C@@H](O)[C@H]1C(=O)N2C(C(=O)OCc3ccc([N+](=O)[O-])cc3)=C(S[C@H]3C[C@@H](C(=O)N4CCN(C(=O)OCc5ccc([N+](=O)[O-])cc5)CC4)N(C)C3)[C@H](C)[C@H]12. The van der Waals surface area contributed by atoms with E-state index < -0.39 is 46.0 Å². The summed E-state index contributed by atoms with van der Waals surface area (Å²) in [5, 5.41) is 32.2. The Morgan fingerprint density at radius 3 is 1.96 bits per heavy atom. The smallest absolute Gasteiger partial charge is 0.410 e. The molecule has 6 atom stereocenters. The molecule has 1 N–H and O–H groups in total. The quantitative estimate of drug-likeness (QED) is 0.152. The van der Waals surface area contributed by atoms with Gasteiger partial charge in [-0.3, -0.25) is 34.7 Å². The van der Waals surface area contributed by atoms with E-state index in [1.54, 1.807) is 11.8 Å². The fourth-order valence-corrected chi connectivity index (χ4v) is 8.97. The molecule has 18 heteroatoms. The van der Waals surface area contributed by atoms with Gasteiger partial charge in [0.25, 0.3) is 11.4 Å². The van der Waals surface area contributed by atoms with Gasteiger partial charge in [-0.05, 0) is 55.8 Å². The number of thioether (sulfide) groups is 1. The van der Waals surface area contributed by atoms with Crippen molar-refractivity contribution in [3.8, 4) is 0 Å². The number of nitro benzene ring substituents is 2. The lowest BCUT2D eigenvalue weighted by atomic mass is 9.79. The highest BCUT2D eigenvalue weighted by Crippen LogP contribution is 2.52. The number of aliphatic hydroxyl groups excluding tert-OH is 1. The molecule has 4 heterocycles. The number of carbonyl (C=O) groups excluding carboxylic acids is 4. The predicted molar refractivity (Wildman–Crippen MR) is 189 cm³/mol. The Balaban J connectivity index is 1.06. The average Bonchev–Trinajstić information content (AvgIpc) is 3.62. The van der Waals surface area contributed by atoms with E-state index in [1.165, 1.54) is 70.1 Å². The van der Waals surface area contributed by atoms with Gasteiger partial charge in [-0.15, -0.1) is 11.8 Å². The van der Waals surface area contributed by atoms with Crippen LogP contribution in [0.1, 0.15) is 31.4 Å². The number of non-ortho nitro benzene ring substituents is 2. The molecule has 0 aliphatic carbocycles. The molecule has 0 radical (unpaired) electrons. The number of aliphatic hydroxyl groups is 1. The Bertz CT molecular complexity index is 1810. The van der Waals surface area contributed by atoms with E-state index in [4.69, 9.17) is 9.47 Å². The van der Waals surface area contributed by atoms with E-state index in [-0.39, 0.29) is 66.4 Å². The number of ether oxygens (including phenoxy) is 2. The monoisotopic (exact) mass is 752 g/mol. The molecule has 4 aliphatic heterocycles. The van der Waals surface area contributed by atoms with Crippen LogP contribution < -0.4 is 0 Å². The van der Waals surface area contributed by atoms with Crippen LogP contribution in [0.5, 0.6) is 0 Å². The van der Waals surface area contributed by atoms with Crippen molar-refractivity contribution in [2.24, 2.45) is 11.8 Å². The second-order valence-electron chi connectivity index (χ2n) is 13.7. The predicted octanol–water partition coefficient (Wildman–Crippen LogP) is 2.90. The maximum absolute atomic E-state index is 13.7. The summed E-state index contributed by atoms with van der Waals surface area (Å²) >= 11 is 1.44. The fourth-order valence-electron chi connectivity index (χ4n) is 7.38. The van der Waals surface area contributed by atoms with Crippen LogP contribution in [-0.4, -0.2) is 122 Å². The zero-order chi connectivity index (χ0) is 38.1. The Morgan fingerprint density at radius 1 is 0.906 bits per heavy atom. The van der Waals surface area contributed by atoms with Gasteiger partial charge in [-0.2, -0.15) is 0 Å². The first kappa shape index (κ1) is 37.7. The van der Waals surface area contributed by atoms with E-state index >= 15 is 0 Å². The molecule has 17 nitrogen and oxygen atoms in total. The molecule has 3 saturated heterocycles. The minimum Gasteiger partial charge on any atom is -0.456 e. The largest absolute Gasteiger partial charge is 0.456 e. The second kappa shape index (κ2) is 15.5. The molecule has 6 rings (SSSR count). The summed E-state index contributed by atoms with van der Waals surface area (Å²) in [4.78, 5) is 81.4. The van der Waals surface area contributed by atoms with Crippen LogP contribution in [0.3, 0.4) is 0 Å². The molecule has 4 aliphatic rings. The molecule has 0 bridgehead atoms. The van der Waals surface area contributed by atoms with Crippen molar-refractivity contribution in [1.82, 2.24) is 19.6 Å². The summed E-state index contributed by atoms with van der Waals surface area (Å²) in [7, 11) is 1.86. The first-order valence-corrected chi connectivity index (χ1v) is 18.1. The normalized spacial score (nSPS) is 24.8. The zero-order valence-electron chi connectivity index (χ0n) is 29.4. The average molecular weight is 753 g/mol. The Kier molecular flexibility index (Phi) is 11.0. The first-order valence-electron chi connectivity index (χ1n) is 17.2. The van der Waals surface area contributed by atoms with Crippen LogP contribution in [0, 0.1) is 32.1 Å². The number of hydrogen-bond donors (Lipinski definition) is 1. The van der Waals surface area contributed by atoms with E-state index in [0.717, 1.165) is 0 Å². The molecule has 2 aromatic carbocycles. The molecule has 3 fully saturated rings. The fraction of sp³-hybridized carbons (Fsp3) is 0.486. The minimum atomic E-state index is -0.912. The van der Waals surface area contributed by atoms with Gasteiger partial charge in [0.1, 0.15) is 18.9 Å². The van der Waals surface area contributed by atoms with Gasteiger partial charge in [-0.1, -0.05) is 6.92 Å². The van der Waals surface area contributed by atoms with E-state index in [1.807, 2.05) is 18.9 Å². The van der Waals surface area contributed by atoms with Crippen molar-refractivity contribution < 1.29 is 43.6 Å². The van der Waals surface area contributed by atoms with Crippen LogP contribution >= 0.6 is 11.8 Å². The van der Waals surface area contributed by atoms with E-state index in [0.29, 0.717) is 42.1 Å². The first-order chi connectivity index (χ1) is 25.2. The number of likely N-dealkylation sites (N-methyl/N-ethyl adjacent to an activating group) is 1. The molecule has 0 unspecified atom stereocenters. The molecule has 0 aromatic heterocycles. The Hall–Kier alpha value is -5.07. The highest BCUT2D eigenvalue weighted by Gasteiger charge is 2.60. The minimum absolute atomic E-state index is 0.0392. The van der Waals surface area contributed by atoms with Gasteiger partial charge in [-0.25, -0.2) is 9.59 Å². The third-order valence-electron chi connectivity index (χ3n) is 10.3. The van der Waals surface area contributed by atoms with Crippen molar-refractivity contribution in [3.05, 3.63) is 90.5 Å². The van der Waals surface area contributed by atoms with Crippen LogP contribution in [-0.2, 0) is 37.1 Å². The number of hydrogen-bond acceptors (Lipinski definition) is 13. The third kappa shape index (κ3) is 7.70. The van der Waals surface area contributed by atoms with Gasteiger partial charge in [0.15, 0.2) is 0 Å². The molecular weight excluding hydrogens is 712 g/mol. The van der Waals surface area contributed by atoms with Gasteiger partial charge in [0, 0.05) is 73.1 Å². The number of nitrogens with zero attached hydrogens (tertiary/aromatic N) is 6. The topological polar surface area (TPSA) is 206 Å². The van der Waals surface area contributed by atoms with Gasteiger partial charge in [0.05, 0.1) is 34.0 Å². The van der Waals surface area contributed by atoms with Crippen molar-refractivity contribution in [1.29, 1.82) is 0 Å². The number of benzene rings is 2. The van der Waals surface area contributed by atoms with Crippen molar-refractivity contribution >= 4 is 47.0 Å². The standard InChI is InChI=1S/C35H40N6O11S/c1-20-29-28(21(2)42)33(44)39(29)30(34(45)51-18-22-4-8-24(9-5-22)40(47)48)31(20)53-26-16-27(36(3)17-26)32(43)37-12-14-38(15-13-37)35(46)52-19-23-6-10-25(11-7-23)41(49)50/h4-11,20-21,26-29,42H,12-19H2,1-3H3/t20-,21-,26+,27+,28-,29-/m1/s1. The second-order valence-corrected chi connectivity index (χ2v) is 15.0. The number of fused-ring (bicyclic) bond motifs is 1. The van der Waals surface area contributed by atoms with E-state index in [9.17, 15) is 44.5 Å². The van der Waals surface area contributed by atoms with E-state index in [2.05, 4.69) is 0 Å². The number of rotatable bonds is 11. The molecule has 2 aromatic rings. The van der Waals surface area contributed by atoms with Gasteiger partial charge in [0.2, 0.25) is 11.8 Å². The van der Waals surface area contributed by atoms with Crippen LogP contribution in [0.15, 0.2) is 59.1 Å². The Morgan fingerprint density at radius 2 is 1.43 bits per heavy atom. The number of amides is 3. The third-order valence-corrected chi connectivity index (χ3v) is 11.8. The number of β-lactam (4-membered cyclic amide) rings is 1. The Labute approximate surface area is 308 Å². The zero-order valence-corrected chi connectivity index (χ0v) is 30.2. The summed E-state index contributed by atoms with van der Waals surface area (Å²) in [6.45, 7) is 5.01. The molecule has 0 spiro atoms. The van der Waals surface area contributed by atoms with Gasteiger partial charge < -0.3 is 29.3 Å². The summed E-state index contributed by atoms with van der Waals surface area (Å²) < 4.78 is 11.0. The number of esters is 1. The molecule has 0 saturated carbocycles. The molecular formula is C35H40N6O11S. The van der Waals surface area contributed by atoms with Gasteiger partial charge >= 0.3 is 12.1 Å². The lowest BCUT2D eigenvalue weighted by Gasteiger charge is -2.46. The van der Waals surface area contributed by atoms with Crippen LogP contribution in [0.2, 0.25) is 0 Å². The van der Waals surface area contributed by atoms with Crippen LogP contribution in [0.4, 0.5) is 16.2 Å². The number of piperazine rings is 1. The highest BCUT2D eigenvalue weighted by molar-refractivity contribution is 8.03. The maximum atomic E-state index is 13.7. The number of carbonyl (C=O) groups is 4. The van der Waals surface area contributed by atoms with Crippen LogP contribution in [0.25, 0.3) is 0 Å². The summed E-state index contributed by atoms with van der Waals surface area (Å²) in [5.41, 5.74) is 1.13. The van der Waals surface area contributed by atoms with Crippen molar-refractivity contribution in [2.45, 2.75) is 56.9 Å². The van der Waals surface area contributed by atoms with Crippen molar-refractivity contribution in [3.63, 3.8) is 0 Å². The molecule has 53 heavy (non-hydrogen) atoms. The summed E-state index contributed by atoms with van der Waals surface area (Å²) in [6.07, 6.45) is -0.964. The highest BCUT2D eigenvalue weighted by atomic mass is 32.2. The summed E-state index contributed by atoms with van der Waals surface area (Å²) in [6, 6.07) is 10.5. The number of nitro groups is 2.